The Morgan fingerprint density at radius 1 is 0.741 bits per heavy atom. The van der Waals surface area contributed by atoms with Crippen LogP contribution in [0.4, 0.5) is 0 Å². The van der Waals surface area contributed by atoms with Crippen LogP contribution < -0.4 is 5.19 Å². The predicted molar refractivity (Wildman–Crippen MR) is 243 cm³/mol. The Morgan fingerprint density at radius 2 is 1.52 bits per heavy atom. The van der Waals surface area contributed by atoms with Crippen molar-refractivity contribution in [2.45, 2.75) is 110 Å². The molecule has 3 aromatic heterocycles. The van der Waals surface area contributed by atoms with Gasteiger partial charge in [-0.3, -0.25) is 0 Å². The summed E-state index contributed by atoms with van der Waals surface area (Å²) in [6, 6.07) is 41.4. The Balaban J connectivity index is 0.000000177. The first-order chi connectivity index (χ1) is 27.7. The maximum Gasteiger partial charge on any atom is 0.121 e. The number of rotatable bonds is 9. The molecule has 9 rings (SSSR count). The molecule has 0 saturated heterocycles. The molecule has 3 heterocycles. The summed E-state index contributed by atoms with van der Waals surface area (Å²) in [4.78, 5) is 9.51. The number of nitrogens with zero attached hydrogens (tertiary/aromatic N) is 2. The molecule has 5 heteroatoms. The smallest absolute Gasteiger partial charge is 0.121 e. The molecule has 4 aromatic carbocycles. The van der Waals surface area contributed by atoms with Crippen LogP contribution in [0, 0.1) is 24.0 Å². The summed E-state index contributed by atoms with van der Waals surface area (Å²) in [5.74, 6) is 2.23. The summed E-state index contributed by atoms with van der Waals surface area (Å²) in [6.07, 6.45) is 18.7. The molecule has 0 aliphatic heterocycles. The number of aromatic nitrogens is 2. The number of furan rings is 1. The summed E-state index contributed by atoms with van der Waals surface area (Å²) >= 11 is 0. The van der Waals surface area contributed by atoms with Crippen molar-refractivity contribution in [3.8, 4) is 33.6 Å². The molecule has 2 aliphatic rings. The minimum atomic E-state index is -1.37. The van der Waals surface area contributed by atoms with Gasteiger partial charge in [-0.15, -0.1) is 53.6 Å². The van der Waals surface area contributed by atoms with E-state index in [4.69, 9.17) is 9.40 Å². The molecule has 0 bridgehead atoms. The van der Waals surface area contributed by atoms with Crippen LogP contribution in [-0.4, -0.2) is 18.0 Å². The van der Waals surface area contributed by atoms with E-state index < -0.39 is 8.07 Å². The van der Waals surface area contributed by atoms with E-state index in [2.05, 4.69) is 142 Å². The zero-order valence-corrected chi connectivity index (χ0v) is 38.4. The number of benzene rings is 4. The first-order valence-corrected chi connectivity index (χ1v) is 25.1. The zero-order chi connectivity index (χ0) is 39.4. The Hall–Kier alpha value is -4.15. The average molecular weight is 959 g/mol. The van der Waals surface area contributed by atoms with Gasteiger partial charge in [-0.1, -0.05) is 174 Å². The topological polar surface area (TPSA) is 38.9 Å². The van der Waals surface area contributed by atoms with Gasteiger partial charge < -0.3 is 14.4 Å². The van der Waals surface area contributed by atoms with Crippen LogP contribution >= 0.6 is 0 Å². The van der Waals surface area contributed by atoms with Gasteiger partial charge in [0, 0.05) is 37.9 Å². The van der Waals surface area contributed by atoms with Crippen molar-refractivity contribution in [1.29, 1.82) is 0 Å². The largest absolute Gasteiger partial charge is 0.501 e. The predicted octanol–water partition coefficient (Wildman–Crippen LogP) is 14.2. The van der Waals surface area contributed by atoms with Gasteiger partial charge in [0.05, 0.1) is 13.7 Å². The quantitative estimate of drug-likeness (QED) is 0.107. The Morgan fingerprint density at radius 3 is 2.24 bits per heavy atom. The van der Waals surface area contributed by atoms with Crippen LogP contribution in [0.25, 0.3) is 55.6 Å². The third-order valence-electron chi connectivity index (χ3n) is 12.2. The van der Waals surface area contributed by atoms with Crippen LogP contribution in [0.1, 0.15) is 94.2 Å². The first-order valence-electron chi connectivity index (χ1n) is 21.6. The van der Waals surface area contributed by atoms with Gasteiger partial charge >= 0.3 is 0 Å². The minimum Gasteiger partial charge on any atom is -0.501 e. The van der Waals surface area contributed by atoms with Crippen molar-refractivity contribution < 1.29 is 24.5 Å². The molecule has 2 saturated carbocycles. The van der Waals surface area contributed by atoms with Crippen LogP contribution in [0.2, 0.25) is 19.6 Å². The third kappa shape index (κ3) is 9.82. The summed E-state index contributed by atoms with van der Waals surface area (Å²) in [5, 5.41) is 3.76. The number of hydrogen-bond acceptors (Lipinski definition) is 3. The fourth-order valence-electron chi connectivity index (χ4n) is 9.24. The normalized spacial score (nSPS) is 15.1. The second-order valence-electron chi connectivity index (χ2n) is 18.1. The van der Waals surface area contributed by atoms with E-state index in [-0.39, 0.29) is 20.1 Å². The summed E-state index contributed by atoms with van der Waals surface area (Å²) in [6.45, 7) is 11.9. The molecule has 0 N–H and O–H groups in total. The molecule has 3 nitrogen and oxygen atoms in total. The molecule has 0 atom stereocenters. The van der Waals surface area contributed by atoms with Crippen LogP contribution in [-0.2, 0) is 32.9 Å². The molecule has 58 heavy (non-hydrogen) atoms. The van der Waals surface area contributed by atoms with Gasteiger partial charge in [0.25, 0.3) is 0 Å². The van der Waals surface area contributed by atoms with Crippen LogP contribution in [0.15, 0.2) is 114 Å². The van der Waals surface area contributed by atoms with Crippen molar-refractivity contribution in [3.63, 3.8) is 0 Å². The van der Waals surface area contributed by atoms with Crippen molar-refractivity contribution >= 4 is 35.2 Å². The van der Waals surface area contributed by atoms with Gasteiger partial charge in [0.1, 0.15) is 5.58 Å². The molecule has 7 aromatic rings. The van der Waals surface area contributed by atoms with Crippen molar-refractivity contribution in [2.24, 2.45) is 11.8 Å². The van der Waals surface area contributed by atoms with E-state index in [0.29, 0.717) is 5.92 Å². The van der Waals surface area contributed by atoms with Crippen LogP contribution in [0.5, 0.6) is 0 Å². The molecule has 0 spiro atoms. The molecule has 0 unspecified atom stereocenters. The minimum absolute atomic E-state index is 0. The number of fused-ring (bicyclic) bond motifs is 3. The summed E-state index contributed by atoms with van der Waals surface area (Å²) < 4.78 is 6.40. The average Bonchev–Trinajstić information content (AvgIpc) is 3.89. The third-order valence-corrected chi connectivity index (χ3v) is 14.3. The van der Waals surface area contributed by atoms with Gasteiger partial charge in [-0.25, -0.2) is 0 Å². The second kappa shape index (κ2) is 18.8. The molecule has 0 amide bonds. The van der Waals surface area contributed by atoms with E-state index >= 15 is 0 Å². The maximum atomic E-state index is 6.40. The van der Waals surface area contributed by atoms with E-state index in [1.165, 1.54) is 85.2 Å². The van der Waals surface area contributed by atoms with Crippen molar-refractivity contribution in [1.82, 2.24) is 9.97 Å². The van der Waals surface area contributed by atoms with E-state index in [0.717, 1.165) is 74.7 Å². The van der Waals surface area contributed by atoms with Gasteiger partial charge in [0.2, 0.25) is 0 Å². The molecule has 2 fully saturated rings. The molecule has 301 valence electrons. The molecular weight excluding hydrogens is 901 g/mol. The molecule has 1 radical (unpaired) electrons. The van der Waals surface area contributed by atoms with Crippen molar-refractivity contribution in [3.05, 3.63) is 138 Å². The standard InChI is InChI=1S/C29H24NO.C24H34NSi.Ir/c1-2-9-22(10-3-1)23-13-14-24-25-11-6-12-26(29(25)31-28(24)19-23)27-18-21(15-16-30-27)17-20-7-4-5-8-20;1-18(2)15-22-16-23(25-17-24(22)26(3,4)5)21-13-11-20(12-14-21)19-9-7-6-8-10-19;/h1-3,6,9-11,13-16,18-20H,4-5,7-8,17H2;11-13,16-19H,6-10,15H2,1-5H3;/q2*-1;. The SMILES string of the molecule is CC(C)Cc1cc(-c2[c-]cc(C3CCCCC3)cc2)ncc1[Si](C)(C)C.[Ir].[c-]1ccc2c(oc3cc(-c4ccccc4)ccc32)c1-c1cc(CC2CCCC2)ccn1. The van der Waals surface area contributed by atoms with Gasteiger partial charge in [-0.05, 0) is 64.5 Å². The van der Waals surface area contributed by atoms with E-state index in [1.54, 1.807) is 0 Å². The van der Waals surface area contributed by atoms with E-state index in [1.807, 2.05) is 18.3 Å². The zero-order valence-electron chi connectivity index (χ0n) is 35.0. The van der Waals surface area contributed by atoms with E-state index in [9.17, 15) is 0 Å². The fourth-order valence-corrected chi connectivity index (χ4v) is 10.8. The van der Waals surface area contributed by atoms with Crippen molar-refractivity contribution in [2.75, 3.05) is 0 Å². The maximum absolute atomic E-state index is 6.40. The number of hydrogen-bond donors (Lipinski definition) is 0. The summed E-state index contributed by atoms with van der Waals surface area (Å²) in [5.41, 5.74) is 12.6. The number of pyridine rings is 2. The molecular formula is C53H58IrN2OSi-2. The first kappa shape index (κ1) is 42.0. The Kier molecular flexibility index (Phi) is 13.6. The Labute approximate surface area is 361 Å². The second-order valence-corrected chi connectivity index (χ2v) is 23.2. The summed E-state index contributed by atoms with van der Waals surface area (Å²) in [7, 11) is -1.37. The molecule has 2 aliphatic carbocycles. The van der Waals surface area contributed by atoms with Crippen LogP contribution in [0.3, 0.4) is 0 Å². The Bertz CT molecular complexity index is 2420. The monoisotopic (exact) mass is 959 g/mol. The fraction of sp³-hybridized carbons (Fsp3) is 0.358. The van der Waals surface area contributed by atoms with Gasteiger partial charge in [-0.2, -0.15) is 0 Å². The van der Waals surface area contributed by atoms with Gasteiger partial charge in [0.15, 0.2) is 0 Å².